The van der Waals surface area contributed by atoms with Crippen molar-refractivity contribution in [3.63, 3.8) is 0 Å². The van der Waals surface area contributed by atoms with E-state index >= 15 is 0 Å². The lowest BCUT2D eigenvalue weighted by Crippen LogP contribution is -2.40. The van der Waals surface area contributed by atoms with E-state index in [0.29, 0.717) is 19.1 Å². The molecule has 4 nitrogen and oxygen atoms in total. The number of para-hydroxylation sites is 1. The molecule has 0 heterocycles. The van der Waals surface area contributed by atoms with Gasteiger partial charge in [-0.1, -0.05) is 38.0 Å². The minimum atomic E-state index is 0.0385. The van der Waals surface area contributed by atoms with Gasteiger partial charge in [0.15, 0.2) is 0 Å². The summed E-state index contributed by atoms with van der Waals surface area (Å²) in [7, 11) is 2.05. The summed E-state index contributed by atoms with van der Waals surface area (Å²) in [6.45, 7) is 3.18. The minimum Gasteiger partial charge on any atom is -0.326 e. The fraction of sp³-hybridized carbons (Fsp3) is 0.588. The van der Waals surface area contributed by atoms with E-state index in [0.717, 1.165) is 17.2 Å². The molecule has 0 aromatic heterocycles. The number of carbonyl (C=O) groups excluding carboxylic acids is 1. The number of amides is 1. The summed E-state index contributed by atoms with van der Waals surface area (Å²) in [6.07, 6.45) is 4.99. The molecule has 0 radical (unpaired) electrons. The van der Waals surface area contributed by atoms with Gasteiger partial charge in [0.25, 0.3) is 0 Å². The molecule has 4 heteroatoms. The van der Waals surface area contributed by atoms with Crippen LogP contribution in [0.5, 0.6) is 0 Å². The normalized spacial score (nSPS) is 22.3. The second kappa shape index (κ2) is 7.57. The van der Waals surface area contributed by atoms with Gasteiger partial charge in [0, 0.05) is 18.3 Å². The van der Waals surface area contributed by atoms with E-state index in [9.17, 15) is 4.79 Å². The zero-order chi connectivity index (χ0) is 15.2. The Morgan fingerprint density at radius 3 is 2.86 bits per heavy atom. The molecule has 1 aromatic carbocycles. The van der Waals surface area contributed by atoms with Crippen molar-refractivity contribution >= 4 is 11.6 Å². The van der Waals surface area contributed by atoms with Crippen molar-refractivity contribution in [3.05, 3.63) is 29.8 Å². The van der Waals surface area contributed by atoms with E-state index in [-0.39, 0.29) is 5.91 Å². The van der Waals surface area contributed by atoms with Crippen molar-refractivity contribution in [1.82, 2.24) is 4.90 Å². The largest absolute Gasteiger partial charge is 0.326 e. The number of benzene rings is 1. The van der Waals surface area contributed by atoms with Crippen LogP contribution in [0.3, 0.4) is 0 Å². The SMILES string of the molecule is CC1CCCC(N(C)CC(=O)Nc2ccccc2CN)C1. The Bertz CT molecular complexity index is 475. The Kier molecular flexibility index (Phi) is 5.76. The molecule has 1 amide bonds. The fourth-order valence-corrected chi connectivity index (χ4v) is 3.17. The Morgan fingerprint density at radius 1 is 1.38 bits per heavy atom. The maximum atomic E-state index is 12.2. The van der Waals surface area contributed by atoms with E-state index in [1.807, 2.05) is 24.3 Å². The van der Waals surface area contributed by atoms with Crippen LogP contribution in [0.25, 0.3) is 0 Å². The van der Waals surface area contributed by atoms with Crippen LogP contribution in [-0.2, 0) is 11.3 Å². The molecular weight excluding hydrogens is 262 g/mol. The van der Waals surface area contributed by atoms with E-state index < -0.39 is 0 Å². The molecule has 1 saturated carbocycles. The van der Waals surface area contributed by atoms with Gasteiger partial charge in [-0.15, -0.1) is 0 Å². The Hall–Kier alpha value is -1.39. The lowest BCUT2D eigenvalue weighted by Gasteiger charge is -2.33. The first-order valence-electron chi connectivity index (χ1n) is 7.88. The number of nitrogens with one attached hydrogen (secondary N) is 1. The molecule has 0 bridgehead atoms. The Balaban J connectivity index is 1.89. The average molecular weight is 289 g/mol. The van der Waals surface area contributed by atoms with E-state index in [2.05, 4.69) is 24.2 Å². The average Bonchev–Trinajstić information content (AvgIpc) is 2.47. The van der Waals surface area contributed by atoms with Crippen LogP contribution in [0.2, 0.25) is 0 Å². The number of hydrogen-bond donors (Lipinski definition) is 2. The summed E-state index contributed by atoms with van der Waals surface area (Å²) < 4.78 is 0. The van der Waals surface area contributed by atoms with Crippen LogP contribution >= 0.6 is 0 Å². The molecule has 1 aromatic rings. The molecule has 0 saturated heterocycles. The predicted molar refractivity (Wildman–Crippen MR) is 87.0 cm³/mol. The van der Waals surface area contributed by atoms with E-state index in [4.69, 9.17) is 5.73 Å². The molecule has 1 fully saturated rings. The predicted octanol–water partition coefficient (Wildman–Crippen LogP) is 2.59. The topological polar surface area (TPSA) is 58.4 Å². The van der Waals surface area contributed by atoms with Crippen molar-refractivity contribution in [2.24, 2.45) is 11.7 Å². The quantitative estimate of drug-likeness (QED) is 0.876. The number of anilines is 1. The molecule has 3 N–H and O–H groups in total. The van der Waals surface area contributed by atoms with E-state index in [1.165, 1.54) is 25.7 Å². The van der Waals surface area contributed by atoms with E-state index in [1.54, 1.807) is 0 Å². The zero-order valence-electron chi connectivity index (χ0n) is 13.1. The first-order valence-corrected chi connectivity index (χ1v) is 7.88. The molecule has 1 aliphatic rings. The highest BCUT2D eigenvalue weighted by atomic mass is 16.2. The molecule has 0 spiro atoms. The van der Waals surface area contributed by atoms with Gasteiger partial charge in [0.05, 0.1) is 6.54 Å². The van der Waals surface area contributed by atoms with Crippen LogP contribution in [0.4, 0.5) is 5.69 Å². The highest BCUT2D eigenvalue weighted by Gasteiger charge is 2.23. The third-order valence-electron chi connectivity index (χ3n) is 4.44. The van der Waals surface area contributed by atoms with Crippen molar-refractivity contribution in [2.75, 3.05) is 18.9 Å². The van der Waals surface area contributed by atoms with Crippen molar-refractivity contribution < 1.29 is 4.79 Å². The first-order chi connectivity index (χ1) is 10.1. The maximum Gasteiger partial charge on any atom is 0.238 e. The van der Waals surface area contributed by atoms with Crippen LogP contribution in [0.1, 0.15) is 38.2 Å². The highest BCUT2D eigenvalue weighted by Crippen LogP contribution is 2.26. The molecular formula is C17H27N3O. The number of nitrogens with zero attached hydrogens (tertiary/aromatic N) is 1. The molecule has 2 atom stereocenters. The van der Waals surface area contributed by atoms with Gasteiger partial charge in [0.2, 0.25) is 5.91 Å². The van der Waals surface area contributed by atoms with Gasteiger partial charge in [0.1, 0.15) is 0 Å². The lowest BCUT2D eigenvalue weighted by molar-refractivity contribution is -0.117. The summed E-state index contributed by atoms with van der Waals surface area (Å²) in [5.41, 5.74) is 7.50. The number of likely N-dealkylation sites (N-methyl/N-ethyl adjacent to an activating group) is 1. The molecule has 2 unspecified atom stereocenters. The Labute approximate surface area is 127 Å². The van der Waals surface area contributed by atoms with Crippen LogP contribution in [-0.4, -0.2) is 30.4 Å². The maximum absolute atomic E-state index is 12.2. The van der Waals surface area contributed by atoms with Gasteiger partial charge < -0.3 is 11.1 Å². The summed E-state index contributed by atoms with van der Waals surface area (Å²) in [6, 6.07) is 8.24. The fourth-order valence-electron chi connectivity index (χ4n) is 3.17. The zero-order valence-corrected chi connectivity index (χ0v) is 13.1. The van der Waals surface area contributed by atoms with Crippen molar-refractivity contribution in [2.45, 2.75) is 45.2 Å². The van der Waals surface area contributed by atoms with Crippen molar-refractivity contribution in [1.29, 1.82) is 0 Å². The second-order valence-electron chi connectivity index (χ2n) is 6.25. The van der Waals surface area contributed by atoms with Crippen LogP contribution in [0, 0.1) is 5.92 Å². The monoisotopic (exact) mass is 289 g/mol. The van der Waals surface area contributed by atoms with Gasteiger partial charge >= 0.3 is 0 Å². The van der Waals surface area contributed by atoms with Crippen molar-refractivity contribution in [3.8, 4) is 0 Å². The smallest absolute Gasteiger partial charge is 0.238 e. The van der Waals surface area contributed by atoms with Gasteiger partial charge in [-0.3, -0.25) is 9.69 Å². The second-order valence-corrected chi connectivity index (χ2v) is 6.25. The number of nitrogens with two attached hydrogens (primary N) is 1. The highest BCUT2D eigenvalue weighted by molar-refractivity contribution is 5.93. The van der Waals surface area contributed by atoms with Crippen LogP contribution in [0.15, 0.2) is 24.3 Å². The molecule has 21 heavy (non-hydrogen) atoms. The summed E-state index contributed by atoms with van der Waals surface area (Å²) in [4.78, 5) is 14.4. The number of rotatable bonds is 5. The molecule has 0 aliphatic heterocycles. The standard InChI is InChI=1S/C17H27N3O/c1-13-6-5-8-15(10-13)20(2)12-17(21)19-16-9-4-3-7-14(16)11-18/h3-4,7,9,13,15H,5-6,8,10-12,18H2,1-2H3,(H,19,21). The summed E-state index contributed by atoms with van der Waals surface area (Å²) in [5, 5.41) is 2.98. The lowest BCUT2D eigenvalue weighted by atomic mass is 9.86. The number of carbonyl (C=O) groups is 1. The third-order valence-corrected chi connectivity index (χ3v) is 4.44. The molecule has 2 rings (SSSR count). The first kappa shape index (κ1) is 16.0. The van der Waals surface area contributed by atoms with Crippen LogP contribution < -0.4 is 11.1 Å². The van der Waals surface area contributed by atoms with Gasteiger partial charge in [-0.05, 0) is 37.4 Å². The summed E-state index contributed by atoms with van der Waals surface area (Å²) >= 11 is 0. The minimum absolute atomic E-state index is 0.0385. The summed E-state index contributed by atoms with van der Waals surface area (Å²) in [5.74, 6) is 0.809. The molecule has 1 aliphatic carbocycles. The Morgan fingerprint density at radius 2 is 2.14 bits per heavy atom. The van der Waals surface area contributed by atoms with Gasteiger partial charge in [-0.2, -0.15) is 0 Å². The third kappa shape index (κ3) is 4.55. The molecule has 116 valence electrons. The van der Waals surface area contributed by atoms with Gasteiger partial charge in [-0.25, -0.2) is 0 Å². The number of hydrogen-bond acceptors (Lipinski definition) is 3.